The van der Waals surface area contributed by atoms with E-state index in [1.165, 1.54) is 25.2 Å². The summed E-state index contributed by atoms with van der Waals surface area (Å²) in [5.41, 5.74) is 8.12. The zero-order chi connectivity index (χ0) is 46.5. The third-order valence-corrected chi connectivity index (χ3v) is 9.01. The van der Waals surface area contributed by atoms with Gasteiger partial charge >= 0.3 is 5.97 Å². The number of nitrogens with one attached hydrogen (secondary N) is 3. The Bertz CT molecular complexity index is 1360. The minimum Gasteiger partial charge on any atom is -0.494 e. The Kier molecular flexibility index (Phi) is 38.2. The summed E-state index contributed by atoms with van der Waals surface area (Å²) in [4.78, 5) is 65.3. The molecular formula is C45H83N7O8. The van der Waals surface area contributed by atoms with Crippen molar-refractivity contribution in [3.8, 4) is 0 Å². The number of hydrazine groups is 1. The summed E-state index contributed by atoms with van der Waals surface area (Å²) >= 11 is 0. The highest BCUT2D eigenvalue weighted by molar-refractivity contribution is 5.88. The Balaban J connectivity index is -0.000000878. The standard InChI is InChI=1S/C31H51N7O7.C8H12O.3C2H6.H2/c1-5-10-27(26(6-2)38(43)44)37(21-28(39)45-7-3)35-31(42)25(34-30(41)23-16-19-36(4)20-17-23)11-8-9-18-33-29(40)22-12-14-24(32)15-13-22;1-4-7-8(5-2)9-6-3;3*1-2;/h5-6,10,22-25H,1,7-9,11-21,32H2,2-4H3,(H,33,40)(H,34,41)(H,35,42);4-5,7H,1-2,6H2,3H3;3*1-2H3;1H/b26-6+,27-10+;8-7+;;;;. The molecule has 2 aliphatic rings. The highest BCUT2D eigenvalue weighted by Gasteiger charge is 2.31. The number of piperidine rings is 1. The lowest BCUT2D eigenvalue weighted by molar-refractivity contribution is -0.423. The molecule has 60 heavy (non-hydrogen) atoms. The molecule has 1 saturated carbocycles. The zero-order valence-electron chi connectivity index (χ0n) is 38.7. The van der Waals surface area contributed by atoms with Crippen molar-refractivity contribution in [2.24, 2.45) is 17.6 Å². The third-order valence-electron chi connectivity index (χ3n) is 9.01. The van der Waals surface area contributed by atoms with Gasteiger partial charge in [0.2, 0.25) is 11.8 Å². The van der Waals surface area contributed by atoms with Gasteiger partial charge < -0.3 is 30.7 Å². The van der Waals surface area contributed by atoms with Gasteiger partial charge in [-0.25, -0.2) is 0 Å². The molecule has 2 fully saturated rings. The molecule has 1 aliphatic heterocycles. The van der Waals surface area contributed by atoms with Gasteiger partial charge in [-0.05, 0) is 123 Å². The lowest BCUT2D eigenvalue weighted by atomic mass is 9.86. The molecule has 5 N–H and O–H groups in total. The van der Waals surface area contributed by atoms with Crippen LogP contribution in [0.15, 0.2) is 73.3 Å². The molecular weight excluding hydrogens is 767 g/mol. The Morgan fingerprint density at radius 3 is 1.92 bits per heavy atom. The van der Waals surface area contributed by atoms with Gasteiger partial charge in [-0.2, -0.15) is 0 Å². The van der Waals surface area contributed by atoms with Gasteiger partial charge in [-0.1, -0.05) is 73.4 Å². The number of carbonyl (C=O) groups excluding carboxylic acids is 4. The van der Waals surface area contributed by atoms with Crippen molar-refractivity contribution in [2.45, 2.75) is 132 Å². The average molecular weight is 850 g/mol. The van der Waals surface area contributed by atoms with E-state index in [1.807, 2.05) is 55.5 Å². The number of likely N-dealkylation sites (tertiary alicyclic amines) is 1. The molecule has 0 aromatic carbocycles. The monoisotopic (exact) mass is 850 g/mol. The first-order chi connectivity index (χ1) is 28.8. The molecule has 0 spiro atoms. The van der Waals surface area contributed by atoms with E-state index in [2.05, 4.69) is 40.7 Å². The van der Waals surface area contributed by atoms with Crippen LogP contribution in [-0.2, 0) is 28.7 Å². The third kappa shape index (κ3) is 25.7. The van der Waals surface area contributed by atoms with Crippen LogP contribution in [0, 0.1) is 22.0 Å². The molecule has 0 bridgehead atoms. The molecule has 0 radical (unpaired) electrons. The Morgan fingerprint density at radius 2 is 1.43 bits per heavy atom. The first-order valence-electron chi connectivity index (χ1n) is 21.8. The first-order valence-corrected chi connectivity index (χ1v) is 21.8. The first kappa shape index (κ1) is 59.6. The van der Waals surface area contributed by atoms with E-state index in [9.17, 15) is 29.3 Å². The number of nitrogens with zero attached hydrogens (tertiary/aromatic N) is 3. The van der Waals surface area contributed by atoms with Crippen LogP contribution < -0.4 is 21.8 Å². The van der Waals surface area contributed by atoms with Gasteiger partial charge in [0.25, 0.3) is 11.6 Å². The van der Waals surface area contributed by atoms with Crippen molar-refractivity contribution < 1.29 is 35.0 Å². The summed E-state index contributed by atoms with van der Waals surface area (Å²) < 4.78 is 10.1. The lowest BCUT2D eigenvalue weighted by Gasteiger charge is -2.31. The number of ether oxygens (including phenoxy) is 2. The topological polar surface area (TPSA) is 198 Å². The smallest absolute Gasteiger partial charge is 0.327 e. The normalized spacial score (nSPS) is 17.2. The second kappa shape index (κ2) is 38.4. The number of esters is 1. The van der Waals surface area contributed by atoms with E-state index in [0.717, 1.165) is 49.5 Å². The number of rotatable bonds is 21. The summed E-state index contributed by atoms with van der Waals surface area (Å²) in [5, 5.41) is 18.7. The predicted molar refractivity (Wildman–Crippen MR) is 246 cm³/mol. The van der Waals surface area contributed by atoms with Gasteiger partial charge in [-0.3, -0.25) is 39.7 Å². The van der Waals surface area contributed by atoms with Crippen molar-refractivity contribution >= 4 is 23.7 Å². The molecule has 1 heterocycles. The molecule has 346 valence electrons. The van der Waals surface area contributed by atoms with Gasteiger partial charge in [0, 0.05) is 25.8 Å². The van der Waals surface area contributed by atoms with E-state index < -0.39 is 29.4 Å². The summed E-state index contributed by atoms with van der Waals surface area (Å²) in [6.45, 7) is 29.9. The van der Waals surface area contributed by atoms with E-state index in [0.29, 0.717) is 38.8 Å². The molecule has 1 aliphatic carbocycles. The van der Waals surface area contributed by atoms with E-state index in [1.54, 1.807) is 25.2 Å². The summed E-state index contributed by atoms with van der Waals surface area (Å²) in [6, 6.07) is -0.838. The maximum absolute atomic E-state index is 13.7. The quantitative estimate of drug-likeness (QED) is 0.0225. The SMILES string of the molecule is C=C/C=C(\C(=C/C)[N+](=O)[O-])N(CC(=O)OCC)NC(=O)C(CCCCNC(=O)C1CCC(N)CC1)NC(=O)C1CCN(C)CC1.C=C/C=C(\C=C)OCC.CC.CC.CC.[HH]. The maximum atomic E-state index is 13.7. The number of unbranched alkanes of at least 4 members (excludes halogenated alkanes) is 1. The molecule has 1 atom stereocenters. The molecule has 15 heteroatoms. The van der Waals surface area contributed by atoms with Crippen LogP contribution in [0.3, 0.4) is 0 Å². The lowest BCUT2D eigenvalue weighted by Crippen LogP contribution is -2.54. The number of hydrogen-bond donors (Lipinski definition) is 4. The molecule has 0 aromatic rings. The van der Waals surface area contributed by atoms with Crippen molar-refractivity contribution in [1.82, 2.24) is 26.0 Å². The number of carbonyl (C=O) groups is 4. The van der Waals surface area contributed by atoms with Crippen molar-refractivity contribution in [3.05, 3.63) is 83.5 Å². The van der Waals surface area contributed by atoms with E-state index in [4.69, 9.17) is 15.2 Å². The molecule has 15 nitrogen and oxygen atoms in total. The fourth-order valence-electron chi connectivity index (χ4n) is 6.00. The van der Waals surface area contributed by atoms with Gasteiger partial charge in [-0.15, -0.1) is 0 Å². The number of hydrogen-bond acceptors (Lipinski definition) is 11. The largest absolute Gasteiger partial charge is 0.494 e. The van der Waals surface area contributed by atoms with Gasteiger partial charge in [0.15, 0.2) is 0 Å². The van der Waals surface area contributed by atoms with Crippen LogP contribution in [0.5, 0.6) is 0 Å². The summed E-state index contributed by atoms with van der Waals surface area (Å²) in [5.74, 6) is -1.12. The van der Waals surface area contributed by atoms with E-state index in [-0.39, 0.29) is 55.5 Å². The molecule has 3 amide bonds. The number of nitro groups is 1. The highest BCUT2D eigenvalue weighted by atomic mass is 16.6. The van der Waals surface area contributed by atoms with Gasteiger partial charge in [0.1, 0.15) is 24.0 Å². The van der Waals surface area contributed by atoms with Crippen LogP contribution in [0.25, 0.3) is 0 Å². The predicted octanol–water partition coefficient (Wildman–Crippen LogP) is 7.37. The fraction of sp³-hybridized carbons (Fsp3) is 0.644. The Morgan fingerprint density at radius 1 is 0.883 bits per heavy atom. The molecule has 0 aromatic heterocycles. The average Bonchev–Trinajstić information content (AvgIpc) is 3.25. The Labute approximate surface area is 363 Å². The molecule has 2 rings (SSSR count). The Hall–Kier alpha value is -4.76. The van der Waals surface area contributed by atoms with Crippen molar-refractivity contribution in [2.75, 3.05) is 46.4 Å². The second-order valence-corrected chi connectivity index (χ2v) is 13.1. The maximum Gasteiger partial charge on any atom is 0.327 e. The zero-order valence-corrected chi connectivity index (χ0v) is 38.7. The molecule has 1 unspecified atom stereocenters. The van der Waals surface area contributed by atoms with Crippen LogP contribution in [-0.4, -0.2) is 97.0 Å². The second-order valence-electron chi connectivity index (χ2n) is 13.1. The summed E-state index contributed by atoms with van der Waals surface area (Å²) in [7, 11) is 1.99. The van der Waals surface area contributed by atoms with Crippen LogP contribution in [0.4, 0.5) is 0 Å². The summed E-state index contributed by atoms with van der Waals surface area (Å²) in [6.07, 6.45) is 14.8. The van der Waals surface area contributed by atoms with Crippen molar-refractivity contribution in [3.63, 3.8) is 0 Å². The fourth-order valence-corrected chi connectivity index (χ4v) is 6.00. The van der Waals surface area contributed by atoms with E-state index >= 15 is 0 Å². The number of amides is 3. The minimum absolute atomic E-state index is 0. The molecule has 1 saturated heterocycles. The highest BCUT2D eigenvalue weighted by Crippen LogP contribution is 2.23. The van der Waals surface area contributed by atoms with Gasteiger partial charge in [0.05, 0.1) is 18.1 Å². The van der Waals surface area contributed by atoms with Crippen LogP contribution >= 0.6 is 0 Å². The number of allylic oxidation sites excluding steroid dienone is 6. The minimum atomic E-state index is -0.993. The van der Waals surface area contributed by atoms with Crippen LogP contribution in [0.1, 0.15) is 122 Å². The van der Waals surface area contributed by atoms with Crippen LogP contribution in [0.2, 0.25) is 0 Å². The number of nitrogens with two attached hydrogens (primary N) is 1. The van der Waals surface area contributed by atoms with Crippen molar-refractivity contribution in [1.29, 1.82) is 0 Å².